The molecule has 0 atom stereocenters. The fraction of sp³-hybridized carbons (Fsp3) is 0.400. The van der Waals surface area contributed by atoms with E-state index in [1.165, 1.54) is 22.9 Å². The Morgan fingerprint density at radius 2 is 2.33 bits per heavy atom. The van der Waals surface area contributed by atoms with Crippen LogP contribution in [0.5, 0.6) is 0 Å². The molecule has 0 aromatic heterocycles. The normalized spacial score (nSPS) is 13.4. The van der Waals surface area contributed by atoms with E-state index in [-0.39, 0.29) is 5.12 Å². The van der Waals surface area contributed by atoms with Gasteiger partial charge in [0.2, 0.25) is 0 Å². The number of fused-ring (bicyclic) bond motifs is 1. The Hall–Kier alpha value is -1.24. The molecule has 0 unspecified atom stereocenters. The molecule has 0 fully saturated rings. The fourth-order valence-electron chi connectivity index (χ4n) is 1.97. The van der Waals surface area contributed by atoms with E-state index in [2.05, 4.69) is 35.4 Å². The largest absolute Gasteiger partial charge is 0.312 e. The number of carbonyl (C=O) groups is 1. The van der Waals surface area contributed by atoms with Crippen molar-refractivity contribution in [1.29, 1.82) is 0 Å². The molecule has 18 heavy (non-hydrogen) atoms. The highest BCUT2D eigenvalue weighted by Crippen LogP contribution is 2.15. The van der Waals surface area contributed by atoms with Gasteiger partial charge >= 0.3 is 0 Å². The molecule has 1 aliphatic heterocycles. The Morgan fingerprint density at radius 3 is 3.17 bits per heavy atom. The number of carbonyl (C=O) groups excluding carboxylic acids is 1. The zero-order chi connectivity index (χ0) is 12.8. The molecule has 94 valence electrons. The molecule has 1 aromatic carbocycles. The molecule has 1 aromatic rings. The lowest BCUT2D eigenvalue weighted by Crippen LogP contribution is -2.23. The van der Waals surface area contributed by atoms with Crippen LogP contribution in [0.4, 0.5) is 0 Å². The third kappa shape index (κ3) is 3.90. The Bertz CT molecular complexity index is 499. The zero-order valence-corrected chi connectivity index (χ0v) is 11.4. The van der Waals surface area contributed by atoms with Gasteiger partial charge in [-0.25, -0.2) is 0 Å². The molecular formula is C15H17NOS. The molecule has 0 saturated carbocycles. The third-order valence-electron chi connectivity index (χ3n) is 2.86. The predicted octanol–water partition coefficient (Wildman–Crippen LogP) is 2.35. The van der Waals surface area contributed by atoms with E-state index in [9.17, 15) is 4.79 Å². The van der Waals surface area contributed by atoms with Crippen molar-refractivity contribution >= 4 is 16.9 Å². The first-order valence-corrected chi connectivity index (χ1v) is 7.19. The van der Waals surface area contributed by atoms with Crippen molar-refractivity contribution in [2.24, 2.45) is 0 Å². The van der Waals surface area contributed by atoms with Crippen molar-refractivity contribution in [2.75, 3.05) is 12.3 Å². The van der Waals surface area contributed by atoms with Crippen molar-refractivity contribution in [1.82, 2.24) is 5.32 Å². The van der Waals surface area contributed by atoms with Gasteiger partial charge in [-0.05, 0) is 36.2 Å². The SMILES string of the molecule is CC(=O)SCCC#Cc1ccc2c(c1)CCNC2. The second-order valence-electron chi connectivity index (χ2n) is 4.30. The molecule has 1 N–H and O–H groups in total. The van der Waals surface area contributed by atoms with Gasteiger partial charge in [0.05, 0.1) is 0 Å². The summed E-state index contributed by atoms with van der Waals surface area (Å²) in [6.07, 6.45) is 1.86. The summed E-state index contributed by atoms with van der Waals surface area (Å²) in [6, 6.07) is 6.44. The first-order chi connectivity index (χ1) is 8.75. The van der Waals surface area contributed by atoms with Crippen LogP contribution in [0.15, 0.2) is 18.2 Å². The van der Waals surface area contributed by atoms with E-state index in [0.717, 1.165) is 37.2 Å². The van der Waals surface area contributed by atoms with Crippen LogP contribution in [0.2, 0.25) is 0 Å². The number of rotatable bonds is 2. The smallest absolute Gasteiger partial charge is 0.185 e. The van der Waals surface area contributed by atoms with Crippen molar-refractivity contribution < 1.29 is 4.79 Å². The zero-order valence-electron chi connectivity index (χ0n) is 10.6. The standard InChI is InChI=1S/C15H17NOS/c1-12(17)18-9-3-2-4-13-5-6-15-11-16-8-7-14(15)10-13/h5-6,10,16H,3,7-9,11H2,1H3. The second-order valence-corrected chi connectivity index (χ2v) is 5.57. The number of hydrogen-bond acceptors (Lipinski definition) is 3. The molecule has 1 heterocycles. The molecule has 2 rings (SSSR count). The lowest BCUT2D eigenvalue weighted by molar-refractivity contribution is -0.109. The summed E-state index contributed by atoms with van der Waals surface area (Å²) >= 11 is 1.34. The van der Waals surface area contributed by atoms with Crippen molar-refractivity contribution in [2.45, 2.75) is 26.3 Å². The van der Waals surface area contributed by atoms with E-state index in [1.807, 2.05) is 0 Å². The van der Waals surface area contributed by atoms with Gasteiger partial charge < -0.3 is 5.32 Å². The minimum atomic E-state index is 0.165. The summed E-state index contributed by atoms with van der Waals surface area (Å²) in [4.78, 5) is 10.7. The highest BCUT2D eigenvalue weighted by atomic mass is 32.2. The molecule has 0 bridgehead atoms. The van der Waals surface area contributed by atoms with Crippen molar-refractivity contribution in [3.63, 3.8) is 0 Å². The van der Waals surface area contributed by atoms with Crippen LogP contribution < -0.4 is 5.32 Å². The van der Waals surface area contributed by atoms with Crippen LogP contribution in [0.25, 0.3) is 0 Å². The van der Waals surface area contributed by atoms with Gasteiger partial charge in [0.25, 0.3) is 0 Å². The fourth-order valence-corrected chi connectivity index (χ4v) is 2.46. The van der Waals surface area contributed by atoms with Crippen LogP contribution in [-0.2, 0) is 17.8 Å². The molecular weight excluding hydrogens is 242 g/mol. The van der Waals surface area contributed by atoms with E-state index >= 15 is 0 Å². The molecule has 0 amide bonds. The summed E-state index contributed by atoms with van der Waals surface area (Å²) in [5.41, 5.74) is 3.89. The van der Waals surface area contributed by atoms with Crippen LogP contribution in [-0.4, -0.2) is 17.4 Å². The summed E-state index contributed by atoms with van der Waals surface area (Å²) < 4.78 is 0. The number of hydrogen-bond donors (Lipinski definition) is 1. The lowest BCUT2D eigenvalue weighted by Gasteiger charge is -2.16. The Morgan fingerprint density at radius 1 is 1.44 bits per heavy atom. The monoisotopic (exact) mass is 259 g/mol. The van der Waals surface area contributed by atoms with E-state index in [1.54, 1.807) is 6.92 Å². The van der Waals surface area contributed by atoms with Gasteiger partial charge in [0.1, 0.15) is 0 Å². The van der Waals surface area contributed by atoms with Gasteiger partial charge in [-0.15, -0.1) is 0 Å². The summed E-state index contributed by atoms with van der Waals surface area (Å²) in [7, 11) is 0. The van der Waals surface area contributed by atoms with E-state index < -0.39 is 0 Å². The predicted molar refractivity (Wildman–Crippen MR) is 76.5 cm³/mol. The van der Waals surface area contributed by atoms with E-state index in [0.29, 0.717) is 0 Å². The Balaban J connectivity index is 1.93. The molecule has 2 nitrogen and oxygen atoms in total. The average Bonchev–Trinajstić information content (AvgIpc) is 2.38. The minimum absolute atomic E-state index is 0.165. The summed E-state index contributed by atoms with van der Waals surface area (Å²) in [6.45, 7) is 3.62. The lowest BCUT2D eigenvalue weighted by atomic mass is 9.98. The summed E-state index contributed by atoms with van der Waals surface area (Å²) in [5, 5.41) is 3.53. The minimum Gasteiger partial charge on any atom is -0.312 e. The topological polar surface area (TPSA) is 29.1 Å². The van der Waals surface area contributed by atoms with Crippen LogP contribution in [0, 0.1) is 11.8 Å². The molecule has 3 heteroatoms. The van der Waals surface area contributed by atoms with Gasteiger partial charge in [0.15, 0.2) is 5.12 Å². The molecule has 1 aliphatic rings. The average molecular weight is 259 g/mol. The highest BCUT2D eigenvalue weighted by molar-refractivity contribution is 8.13. The first-order valence-electron chi connectivity index (χ1n) is 6.20. The van der Waals surface area contributed by atoms with Gasteiger partial charge in [-0.3, -0.25) is 4.79 Å². The van der Waals surface area contributed by atoms with E-state index in [4.69, 9.17) is 0 Å². The van der Waals surface area contributed by atoms with Gasteiger partial charge in [-0.2, -0.15) is 0 Å². The summed E-state index contributed by atoms with van der Waals surface area (Å²) in [5.74, 6) is 7.09. The first kappa shape index (κ1) is 13.2. The highest BCUT2D eigenvalue weighted by Gasteiger charge is 2.07. The number of thioether (sulfide) groups is 1. The van der Waals surface area contributed by atoms with Gasteiger partial charge in [0, 0.05) is 31.2 Å². The quantitative estimate of drug-likeness (QED) is 0.653. The van der Waals surface area contributed by atoms with Crippen LogP contribution >= 0.6 is 11.8 Å². The second kappa shape index (κ2) is 6.63. The molecule has 0 spiro atoms. The Labute approximate surface area is 113 Å². The molecule has 0 radical (unpaired) electrons. The maximum atomic E-state index is 10.7. The van der Waals surface area contributed by atoms with Crippen molar-refractivity contribution in [3.8, 4) is 11.8 Å². The number of nitrogens with one attached hydrogen (secondary N) is 1. The number of benzene rings is 1. The maximum Gasteiger partial charge on any atom is 0.185 e. The third-order valence-corrected chi connectivity index (χ3v) is 3.67. The maximum absolute atomic E-state index is 10.7. The molecule has 0 aliphatic carbocycles. The van der Waals surface area contributed by atoms with Gasteiger partial charge in [-0.1, -0.05) is 29.7 Å². The van der Waals surface area contributed by atoms with Crippen LogP contribution in [0.3, 0.4) is 0 Å². The van der Waals surface area contributed by atoms with Crippen molar-refractivity contribution in [3.05, 3.63) is 34.9 Å². The molecule has 0 saturated heterocycles. The Kier molecular flexibility index (Phi) is 4.86. The van der Waals surface area contributed by atoms with Crippen LogP contribution in [0.1, 0.15) is 30.0 Å².